The molecule has 1 saturated heterocycles. The van der Waals surface area contributed by atoms with Crippen LogP contribution in [0.3, 0.4) is 0 Å². The first-order valence-corrected chi connectivity index (χ1v) is 9.84. The molecule has 0 unspecified atom stereocenters. The van der Waals surface area contributed by atoms with Gasteiger partial charge < -0.3 is 19.7 Å². The summed E-state index contributed by atoms with van der Waals surface area (Å²) in [6.07, 6.45) is 3.70. The lowest BCUT2D eigenvalue weighted by molar-refractivity contribution is -0.136. The van der Waals surface area contributed by atoms with E-state index in [1.165, 1.54) is 7.11 Å². The molecule has 1 fully saturated rings. The number of ether oxygens (including phenoxy) is 2. The van der Waals surface area contributed by atoms with E-state index in [1.807, 2.05) is 23.3 Å². The summed E-state index contributed by atoms with van der Waals surface area (Å²) < 4.78 is 10.9. The number of thioether (sulfide) groups is 1. The van der Waals surface area contributed by atoms with Crippen molar-refractivity contribution in [2.24, 2.45) is 0 Å². The maximum Gasteiger partial charge on any atom is 0.251 e. The molecule has 1 aromatic rings. The van der Waals surface area contributed by atoms with Gasteiger partial charge in [-0.05, 0) is 30.5 Å². The van der Waals surface area contributed by atoms with Crippen molar-refractivity contribution in [3.63, 3.8) is 0 Å². The Bertz CT molecular complexity index is 557. The van der Waals surface area contributed by atoms with Crippen molar-refractivity contribution in [3.05, 3.63) is 29.8 Å². The van der Waals surface area contributed by atoms with E-state index in [0.717, 1.165) is 24.3 Å². The first-order valence-electron chi connectivity index (χ1n) is 8.44. The molecule has 1 aliphatic rings. The Labute approximate surface area is 153 Å². The van der Waals surface area contributed by atoms with E-state index in [2.05, 4.69) is 5.32 Å². The zero-order valence-electron chi connectivity index (χ0n) is 14.8. The van der Waals surface area contributed by atoms with Gasteiger partial charge >= 0.3 is 0 Å². The maximum absolute atomic E-state index is 12.0. The zero-order chi connectivity index (χ0) is 18.1. The fraction of sp³-hybridized carbons (Fsp3) is 0.556. The number of piperidine rings is 1. The van der Waals surface area contributed by atoms with Crippen LogP contribution < -0.4 is 10.1 Å². The minimum absolute atomic E-state index is 0.0257. The average Bonchev–Trinajstić information content (AvgIpc) is 2.63. The first-order chi connectivity index (χ1) is 12.1. The lowest BCUT2D eigenvalue weighted by Gasteiger charge is -2.32. The van der Waals surface area contributed by atoms with E-state index in [9.17, 15) is 9.59 Å². The van der Waals surface area contributed by atoms with Crippen molar-refractivity contribution in [2.75, 3.05) is 45.4 Å². The molecule has 7 heteroatoms. The SMILES string of the molecule is COCC(=O)N1CCC(Oc2ccc(C(=O)NCCSC)cc2)CC1. The van der Waals surface area contributed by atoms with Crippen molar-refractivity contribution in [1.82, 2.24) is 10.2 Å². The van der Waals surface area contributed by atoms with Crippen LogP contribution in [0.25, 0.3) is 0 Å². The number of nitrogens with one attached hydrogen (secondary N) is 1. The number of nitrogens with zero attached hydrogens (tertiary/aromatic N) is 1. The summed E-state index contributed by atoms with van der Waals surface area (Å²) in [6, 6.07) is 7.21. The standard InChI is InChI=1S/C18H26N2O4S/c1-23-13-17(21)20-10-7-16(8-11-20)24-15-5-3-14(4-6-15)18(22)19-9-12-25-2/h3-6,16H,7-13H2,1-2H3,(H,19,22). The minimum Gasteiger partial charge on any atom is -0.490 e. The molecule has 2 amide bonds. The van der Waals surface area contributed by atoms with Crippen molar-refractivity contribution >= 4 is 23.6 Å². The van der Waals surface area contributed by atoms with Gasteiger partial charge in [-0.1, -0.05) is 0 Å². The molecule has 0 radical (unpaired) electrons. The summed E-state index contributed by atoms with van der Waals surface area (Å²) in [7, 11) is 1.53. The lowest BCUT2D eigenvalue weighted by atomic mass is 10.1. The summed E-state index contributed by atoms with van der Waals surface area (Å²) in [5.74, 6) is 1.61. The lowest BCUT2D eigenvalue weighted by Crippen LogP contribution is -2.43. The Balaban J connectivity index is 1.78. The second-order valence-corrected chi connectivity index (χ2v) is 6.89. The molecule has 0 aliphatic carbocycles. The molecule has 1 aliphatic heterocycles. The minimum atomic E-state index is -0.0643. The number of hydrogen-bond acceptors (Lipinski definition) is 5. The van der Waals surface area contributed by atoms with Crippen LogP contribution in [0.1, 0.15) is 23.2 Å². The Hall–Kier alpha value is -1.73. The van der Waals surface area contributed by atoms with Crippen LogP contribution in [0.4, 0.5) is 0 Å². The van der Waals surface area contributed by atoms with Gasteiger partial charge in [-0.2, -0.15) is 11.8 Å². The van der Waals surface area contributed by atoms with Gasteiger partial charge in [0.1, 0.15) is 18.5 Å². The molecule has 6 nitrogen and oxygen atoms in total. The van der Waals surface area contributed by atoms with E-state index < -0.39 is 0 Å². The Morgan fingerprint density at radius 2 is 1.92 bits per heavy atom. The third-order valence-corrected chi connectivity index (χ3v) is 4.69. The molecule has 0 bridgehead atoms. The highest BCUT2D eigenvalue weighted by Crippen LogP contribution is 2.20. The molecule has 1 heterocycles. The fourth-order valence-corrected chi connectivity index (χ4v) is 2.99. The van der Waals surface area contributed by atoms with Crippen LogP contribution in [0.2, 0.25) is 0 Å². The van der Waals surface area contributed by atoms with Gasteiger partial charge in [-0.25, -0.2) is 0 Å². The highest BCUT2D eigenvalue weighted by molar-refractivity contribution is 7.98. The van der Waals surface area contributed by atoms with Crippen molar-refractivity contribution in [2.45, 2.75) is 18.9 Å². The number of amides is 2. The number of likely N-dealkylation sites (tertiary alicyclic amines) is 1. The van der Waals surface area contributed by atoms with Gasteiger partial charge in [0, 0.05) is 50.9 Å². The largest absolute Gasteiger partial charge is 0.490 e. The van der Waals surface area contributed by atoms with Crippen molar-refractivity contribution < 1.29 is 19.1 Å². The van der Waals surface area contributed by atoms with Gasteiger partial charge in [0.2, 0.25) is 5.91 Å². The quantitative estimate of drug-likeness (QED) is 0.711. The average molecular weight is 366 g/mol. The van der Waals surface area contributed by atoms with E-state index in [1.54, 1.807) is 23.9 Å². The molecule has 2 rings (SSSR count). The van der Waals surface area contributed by atoms with Crippen LogP contribution in [0.5, 0.6) is 5.75 Å². The zero-order valence-corrected chi connectivity index (χ0v) is 15.6. The second-order valence-electron chi connectivity index (χ2n) is 5.90. The summed E-state index contributed by atoms with van der Waals surface area (Å²) in [5, 5.41) is 2.88. The van der Waals surface area contributed by atoms with E-state index in [-0.39, 0.29) is 24.5 Å². The number of hydrogen-bond donors (Lipinski definition) is 1. The monoisotopic (exact) mass is 366 g/mol. The van der Waals surface area contributed by atoms with E-state index >= 15 is 0 Å². The molecule has 1 aromatic carbocycles. The summed E-state index contributed by atoms with van der Waals surface area (Å²) in [6.45, 7) is 2.16. The molecule has 0 spiro atoms. The van der Waals surface area contributed by atoms with Crippen molar-refractivity contribution in [1.29, 1.82) is 0 Å². The Kier molecular flexibility index (Phi) is 8.08. The van der Waals surface area contributed by atoms with Crippen LogP contribution in [-0.4, -0.2) is 68.2 Å². The molecular formula is C18H26N2O4S. The predicted molar refractivity (Wildman–Crippen MR) is 99.3 cm³/mol. The second kappa shape index (κ2) is 10.3. The van der Waals surface area contributed by atoms with Gasteiger partial charge in [0.15, 0.2) is 0 Å². The van der Waals surface area contributed by atoms with E-state index in [0.29, 0.717) is 25.2 Å². The van der Waals surface area contributed by atoms with Gasteiger partial charge in [0.05, 0.1) is 0 Å². The van der Waals surface area contributed by atoms with Gasteiger partial charge in [-0.15, -0.1) is 0 Å². The summed E-state index contributed by atoms with van der Waals surface area (Å²) in [4.78, 5) is 25.6. The van der Waals surface area contributed by atoms with Gasteiger partial charge in [0.25, 0.3) is 5.91 Å². The summed E-state index contributed by atoms with van der Waals surface area (Å²) >= 11 is 1.70. The highest BCUT2D eigenvalue weighted by Gasteiger charge is 2.23. The molecular weight excluding hydrogens is 340 g/mol. The van der Waals surface area contributed by atoms with Crippen molar-refractivity contribution in [3.8, 4) is 5.75 Å². The topological polar surface area (TPSA) is 67.9 Å². The Morgan fingerprint density at radius 3 is 2.52 bits per heavy atom. The molecule has 25 heavy (non-hydrogen) atoms. The predicted octanol–water partition coefficient (Wildman–Crippen LogP) is 1.80. The van der Waals surface area contributed by atoms with Crippen LogP contribution >= 0.6 is 11.8 Å². The smallest absolute Gasteiger partial charge is 0.251 e. The third-order valence-electron chi connectivity index (χ3n) is 4.07. The molecule has 138 valence electrons. The number of methoxy groups -OCH3 is 1. The number of benzene rings is 1. The molecule has 1 N–H and O–H groups in total. The normalized spacial score (nSPS) is 15.0. The Morgan fingerprint density at radius 1 is 1.24 bits per heavy atom. The van der Waals surface area contributed by atoms with Gasteiger partial charge in [-0.3, -0.25) is 9.59 Å². The first kappa shape index (κ1) is 19.6. The maximum atomic E-state index is 12.0. The van der Waals surface area contributed by atoms with Crippen LogP contribution in [0.15, 0.2) is 24.3 Å². The number of carbonyl (C=O) groups excluding carboxylic acids is 2. The highest BCUT2D eigenvalue weighted by atomic mass is 32.2. The van der Waals surface area contributed by atoms with E-state index in [4.69, 9.17) is 9.47 Å². The third kappa shape index (κ3) is 6.25. The summed E-state index contributed by atoms with van der Waals surface area (Å²) in [5.41, 5.74) is 0.633. The van der Waals surface area contributed by atoms with Crippen LogP contribution in [-0.2, 0) is 9.53 Å². The molecule has 0 aromatic heterocycles. The van der Waals surface area contributed by atoms with Crippen LogP contribution in [0, 0.1) is 0 Å². The molecule has 0 saturated carbocycles. The fourth-order valence-electron chi connectivity index (χ4n) is 2.68. The number of carbonyl (C=O) groups is 2. The number of rotatable bonds is 8. The molecule has 0 atom stereocenters.